The Morgan fingerprint density at radius 1 is 1.21 bits per heavy atom. The molecule has 2 heterocycles. The Morgan fingerprint density at radius 3 is 2.82 bits per heavy atom. The zero-order valence-corrected chi connectivity index (χ0v) is 17.2. The maximum absolute atomic E-state index is 12.3. The first-order valence-corrected chi connectivity index (χ1v) is 10.5. The van der Waals surface area contributed by atoms with Crippen molar-refractivity contribution in [2.24, 2.45) is 0 Å². The van der Waals surface area contributed by atoms with E-state index in [1.165, 1.54) is 22.7 Å². The number of hydrogen-bond donors (Lipinski definition) is 2. The summed E-state index contributed by atoms with van der Waals surface area (Å²) in [7, 11) is 1.63. The lowest BCUT2D eigenvalue weighted by molar-refractivity contribution is -0.121. The highest BCUT2D eigenvalue weighted by Gasteiger charge is 2.13. The van der Waals surface area contributed by atoms with Gasteiger partial charge >= 0.3 is 0 Å². The summed E-state index contributed by atoms with van der Waals surface area (Å²) < 4.78 is 5.23. The van der Waals surface area contributed by atoms with Gasteiger partial charge in [0.1, 0.15) is 5.75 Å². The molecule has 8 heteroatoms. The van der Waals surface area contributed by atoms with Gasteiger partial charge in [-0.25, -0.2) is 4.98 Å². The molecule has 0 fully saturated rings. The Labute approximate surface area is 171 Å². The molecule has 0 saturated heterocycles. The first-order valence-electron chi connectivity index (χ1n) is 8.75. The number of aromatic nitrogens is 1. The van der Waals surface area contributed by atoms with Gasteiger partial charge in [0.15, 0.2) is 5.13 Å². The molecule has 0 radical (unpaired) electrons. The molecule has 3 aromatic rings. The van der Waals surface area contributed by atoms with Gasteiger partial charge in [-0.15, -0.1) is 22.7 Å². The molecule has 1 aromatic carbocycles. The first-order chi connectivity index (χ1) is 13.5. The second-order valence-corrected chi connectivity index (χ2v) is 8.08. The Bertz CT molecular complexity index is 938. The van der Waals surface area contributed by atoms with E-state index in [1.807, 2.05) is 42.6 Å². The molecule has 1 atom stereocenters. The van der Waals surface area contributed by atoms with E-state index in [4.69, 9.17) is 4.74 Å². The Morgan fingerprint density at radius 2 is 2.07 bits per heavy atom. The average molecular weight is 416 g/mol. The third-order valence-corrected chi connectivity index (χ3v) is 5.62. The van der Waals surface area contributed by atoms with Gasteiger partial charge in [0.2, 0.25) is 5.91 Å². The molecule has 28 heavy (non-hydrogen) atoms. The first kappa shape index (κ1) is 20.0. The highest BCUT2D eigenvalue weighted by Crippen LogP contribution is 2.18. The van der Waals surface area contributed by atoms with Crippen LogP contribution in [0.4, 0.5) is 5.13 Å². The second-order valence-electron chi connectivity index (χ2n) is 6.28. The predicted molar refractivity (Wildman–Crippen MR) is 112 cm³/mol. The van der Waals surface area contributed by atoms with Crippen LogP contribution in [-0.2, 0) is 17.6 Å². The molecule has 2 N–H and O–H groups in total. The van der Waals surface area contributed by atoms with Crippen molar-refractivity contribution in [1.82, 2.24) is 10.3 Å². The number of methoxy groups -OCH3 is 1. The van der Waals surface area contributed by atoms with Crippen LogP contribution in [0, 0.1) is 0 Å². The van der Waals surface area contributed by atoms with Crippen LogP contribution in [0.1, 0.15) is 27.9 Å². The van der Waals surface area contributed by atoms with Gasteiger partial charge in [0.05, 0.1) is 24.1 Å². The molecule has 0 bridgehead atoms. The van der Waals surface area contributed by atoms with E-state index >= 15 is 0 Å². The Balaban J connectivity index is 1.49. The molecule has 0 aliphatic heterocycles. The summed E-state index contributed by atoms with van der Waals surface area (Å²) in [6, 6.07) is 11.4. The fourth-order valence-corrected chi connectivity index (χ4v) is 4.03. The topological polar surface area (TPSA) is 80.3 Å². The lowest BCUT2D eigenvalue weighted by atomic mass is 10.1. The van der Waals surface area contributed by atoms with E-state index in [0.29, 0.717) is 22.1 Å². The van der Waals surface area contributed by atoms with Gasteiger partial charge in [-0.2, -0.15) is 0 Å². The number of amides is 2. The van der Waals surface area contributed by atoms with E-state index in [9.17, 15) is 9.59 Å². The van der Waals surface area contributed by atoms with E-state index in [-0.39, 0.29) is 24.3 Å². The van der Waals surface area contributed by atoms with Crippen molar-refractivity contribution in [3.63, 3.8) is 0 Å². The average Bonchev–Trinajstić information content (AvgIpc) is 3.34. The molecular weight excluding hydrogens is 394 g/mol. The van der Waals surface area contributed by atoms with Gasteiger partial charge in [0.25, 0.3) is 5.91 Å². The molecule has 2 aromatic heterocycles. The number of anilines is 1. The monoisotopic (exact) mass is 415 g/mol. The normalized spacial score (nSPS) is 11.6. The minimum Gasteiger partial charge on any atom is -0.497 e. The van der Waals surface area contributed by atoms with Crippen molar-refractivity contribution in [3.8, 4) is 5.75 Å². The zero-order valence-electron chi connectivity index (χ0n) is 15.6. The summed E-state index contributed by atoms with van der Waals surface area (Å²) >= 11 is 2.68. The van der Waals surface area contributed by atoms with Gasteiger partial charge < -0.3 is 10.1 Å². The lowest BCUT2D eigenvalue weighted by Crippen LogP contribution is -2.35. The van der Waals surface area contributed by atoms with Crippen LogP contribution in [-0.4, -0.2) is 29.9 Å². The Kier molecular flexibility index (Phi) is 6.78. The number of benzene rings is 1. The van der Waals surface area contributed by atoms with Crippen LogP contribution in [0.3, 0.4) is 0 Å². The number of thiazole rings is 1. The summed E-state index contributed by atoms with van der Waals surface area (Å²) in [5.41, 5.74) is 1.73. The summed E-state index contributed by atoms with van der Waals surface area (Å²) in [4.78, 5) is 29.3. The van der Waals surface area contributed by atoms with E-state index in [1.54, 1.807) is 18.6 Å². The molecule has 0 aliphatic carbocycles. The fourth-order valence-electron chi connectivity index (χ4n) is 2.71. The van der Waals surface area contributed by atoms with E-state index in [2.05, 4.69) is 15.6 Å². The van der Waals surface area contributed by atoms with Crippen molar-refractivity contribution >= 4 is 39.6 Å². The third kappa shape index (κ3) is 5.64. The van der Waals surface area contributed by atoms with Gasteiger partial charge in [-0.3, -0.25) is 14.9 Å². The molecule has 0 spiro atoms. The maximum atomic E-state index is 12.3. The number of nitrogens with one attached hydrogen (secondary N) is 2. The number of rotatable bonds is 8. The molecule has 146 valence electrons. The number of carbonyl (C=O) groups is 2. The molecule has 1 unspecified atom stereocenters. The van der Waals surface area contributed by atoms with Crippen molar-refractivity contribution in [2.75, 3.05) is 12.4 Å². The summed E-state index contributed by atoms with van der Waals surface area (Å²) in [5, 5.41) is 9.87. The standard InChI is InChI=1S/C20H21N3O3S2/c1-13(9-14-5-3-6-16(10-14)26-2)21-18(24)11-15-12-28-20(22-15)23-19(25)17-7-4-8-27-17/h3-8,10,12-13H,9,11H2,1-2H3,(H,21,24)(H,22,23,25). The highest BCUT2D eigenvalue weighted by atomic mass is 32.1. The molecule has 6 nitrogen and oxygen atoms in total. The van der Waals surface area contributed by atoms with Crippen LogP contribution in [0.5, 0.6) is 5.75 Å². The molecule has 2 amide bonds. The number of ether oxygens (including phenoxy) is 1. The largest absolute Gasteiger partial charge is 0.497 e. The molecule has 3 rings (SSSR count). The van der Waals surface area contributed by atoms with Crippen molar-refractivity contribution in [3.05, 3.63) is 63.3 Å². The SMILES string of the molecule is COc1cccc(CC(C)NC(=O)Cc2csc(NC(=O)c3cccs3)n2)c1. The maximum Gasteiger partial charge on any atom is 0.267 e. The third-order valence-electron chi connectivity index (χ3n) is 3.94. The van der Waals surface area contributed by atoms with Crippen LogP contribution in [0.25, 0.3) is 0 Å². The van der Waals surface area contributed by atoms with Crippen LogP contribution >= 0.6 is 22.7 Å². The van der Waals surface area contributed by atoms with Crippen LogP contribution in [0.15, 0.2) is 47.2 Å². The van der Waals surface area contributed by atoms with E-state index in [0.717, 1.165) is 11.3 Å². The second kappa shape index (κ2) is 9.48. The molecule has 0 aliphatic rings. The van der Waals surface area contributed by atoms with Crippen LogP contribution < -0.4 is 15.4 Å². The number of nitrogens with zero attached hydrogens (tertiary/aromatic N) is 1. The van der Waals surface area contributed by atoms with E-state index < -0.39 is 0 Å². The highest BCUT2D eigenvalue weighted by molar-refractivity contribution is 7.14. The molecular formula is C20H21N3O3S2. The molecule has 0 saturated carbocycles. The zero-order chi connectivity index (χ0) is 19.9. The van der Waals surface area contributed by atoms with Gasteiger partial charge in [0, 0.05) is 11.4 Å². The lowest BCUT2D eigenvalue weighted by Gasteiger charge is -2.14. The van der Waals surface area contributed by atoms with Crippen molar-refractivity contribution in [2.45, 2.75) is 25.8 Å². The van der Waals surface area contributed by atoms with Crippen LogP contribution in [0.2, 0.25) is 0 Å². The van der Waals surface area contributed by atoms with Crippen molar-refractivity contribution in [1.29, 1.82) is 0 Å². The van der Waals surface area contributed by atoms with Gasteiger partial charge in [-0.05, 0) is 42.5 Å². The Hall–Kier alpha value is -2.71. The smallest absolute Gasteiger partial charge is 0.267 e. The summed E-state index contributed by atoms with van der Waals surface area (Å²) in [6.07, 6.45) is 0.885. The summed E-state index contributed by atoms with van der Waals surface area (Å²) in [5.74, 6) is 0.514. The number of hydrogen-bond acceptors (Lipinski definition) is 6. The number of thiophene rings is 1. The fraction of sp³-hybridized carbons (Fsp3) is 0.250. The number of carbonyl (C=O) groups excluding carboxylic acids is 2. The minimum absolute atomic E-state index is 0.0174. The predicted octanol–water partition coefficient (Wildman–Crippen LogP) is 3.76. The van der Waals surface area contributed by atoms with Crippen molar-refractivity contribution < 1.29 is 14.3 Å². The van der Waals surface area contributed by atoms with Gasteiger partial charge in [-0.1, -0.05) is 18.2 Å². The summed E-state index contributed by atoms with van der Waals surface area (Å²) in [6.45, 7) is 1.96. The minimum atomic E-state index is -0.188. The quantitative estimate of drug-likeness (QED) is 0.587.